The number of anilines is 2. The number of hydrogen-bond acceptors (Lipinski definition) is 10. The van der Waals surface area contributed by atoms with Crippen LogP contribution in [0.2, 0.25) is 0 Å². The maximum atomic E-state index is 12.3. The molecule has 5 rings (SSSR count). The zero-order valence-electron chi connectivity index (χ0n) is 27.4. The van der Waals surface area contributed by atoms with Gasteiger partial charge in [-0.25, -0.2) is 14.8 Å². The van der Waals surface area contributed by atoms with Crippen LogP contribution in [0.25, 0.3) is 5.65 Å². The van der Waals surface area contributed by atoms with E-state index in [1.165, 1.54) is 6.42 Å². The number of pyridine rings is 1. The summed E-state index contributed by atoms with van der Waals surface area (Å²) in [6, 6.07) is 6.33. The number of ether oxygens (including phenoxy) is 2. The van der Waals surface area contributed by atoms with Crippen molar-refractivity contribution >= 4 is 23.4 Å². The molecule has 246 valence electrons. The SMILES string of the molecule is CCc1cnn2c(NCc3ccc(OCCCN4CCN(C(=O)OC(C)(C)C)CC4)nc3)cc(N3CCCCC3CCO)nc12. The standard InChI is InChI=1S/C33H50N8O4/c1-5-26-24-36-41-28(21-29(37-31(26)41)40-14-7-6-9-27(40)12-19-42)34-22-25-10-11-30(35-23-25)44-20-8-13-38-15-17-39(18-16-38)32(43)45-33(2,3)4/h10-11,21,23-24,27,34,42H,5-9,12-20,22H2,1-4H3. The van der Waals surface area contributed by atoms with Crippen molar-refractivity contribution in [3.63, 3.8) is 0 Å². The van der Waals surface area contributed by atoms with Crippen molar-refractivity contribution in [3.05, 3.63) is 41.7 Å². The first-order valence-electron chi connectivity index (χ1n) is 16.5. The lowest BCUT2D eigenvalue weighted by atomic mass is 9.99. The molecule has 2 saturated heterocycles. The quantitative estimate of drug-likeness (QED) is 0.282. The molecule has 0 bridgehead atoms. The lowest BCUT2D eigenvalue weighted by Gasteiger charge is -2.36. The predicted octanol–water partition coefficient (Wildman–Crippen LogP) is 4.36. The van der Waals surface area contributed by atoms with Gasteiger partial charge in [-0.15, -0.1) is 0 Å². The van der Waals surface area contributed by atoms with Gasteiger partial charge in [-0.3, -0.25) is 4.90 Å². The van der Waals surface area contributed by atoms with E-state index in [4.69, 9.17) is 14.5 Å². The van der Waals surface area contributed by atoms with Crippen molar-refractivity contribution < 1.29 is 19.4 Å². The van der Waals surface area contributed by atoms with Crippen molar-refractivity contribution in [1.29, 1.82) is 0 Å². The number of piperazine rings is 1. The lowest BCUT2D eigenvalue weighted by molar-refractivity contribution is 0.0142. The number of aliphatic hydroxyl groups is 1. The predicted molar refractivity (Wildman–Crippen MR) is 175 cm³/mol. The molecule has 0 saturated carbocycles. The summed E-state index contributed by atoms with van der Waals surface area (Å²) in [6.07, 6.45) is 9.40. The molecular formula is C33H50N8O4. The molecular weight excluding hydrogens is 572 g/mol. The van der Waals surface area contributed by atoms with Crippen molar-refractivity contribution in [2.24, 2.45) is 0 Å². The number of carbonyl (C=O) groups is 1. The van der Waals surface area contributed by atoms with E-state index in [1.54, 1.807) is 4.90 Å². The summed E-state index contributed by atoms with van der Waals surface area (Å²) in [5.74, 6) is 2.43. The second-order valence-corrected chi connectivity index (χ2v) is 13.0. The average Bonchev–Trinajstić information content (AvgIpc) is 3.46. The largest absolute Gasteiger partial charge is 0.478 e. The van der Waals surface area contributed by atoms with E-state index in [9.17, 15) is 9.90 Å². The number of rotatable bonds is 12. The third-order valence-corrected chi connectivity index (χ3v) is 8.46. The molecule has 1 unspecified atom stereocenters. The highest BCUT2D eigenvalue weighted by molar-refractivity contribution is 5.68. The molecule has 0 aliphatic carbocycles. The molecule has 0 aromatic carbocycles. The number of piperidine rings is 1. The van der Waals surface area contributed by atoms with E-state index in [-0.39, 0.29) is 12.7 Å². The van der Waals surface area contributed by atoms with Crippen molar-refractivity contribution in [3.8, 4) is 5.88 Å². The summed E-state index contributed by atoms with van der Waals surface area (Å²) in [6.45, 7) is 14.1. The smallest absolute Gasteiger partial charge is 0.410 e. The van der Waals surface area contributed by atoms with Crippen LogP contribution in [0.15, 0.2) is 30.6 Å². The van der Waals surface area contributed by atoms with E-state index < -0.39 is 5.60 Å². The maximum absolute atomic E-state index is 12.3. The van der Waals surface area contributed by atoms with Crippen LogP contribution in [0.4, 0.5) is 16.4 Å². The summed E-state index contributed by atoms with van der Waals surface area (Å²) >= 11 is 0. The summed E-state index contributed by atoms with van der Waals surface area (Å²) in [4.78, 5) is 28.3. The number of amides is 1. The molecule has 0 radical (unpaired) electrons. The Kier molecular flexibility index (Phi) is 11.0. The fourth-order valence-electron chi connectivity index (χ4n) is 6.01. The van der Waals surface area contributed by atoms with Gasteiger partial charge in [0.25, 0.3) is 0 Å². The van der Waals surface area contributed by atoms with Crippen LogP contribution in [0, 0.1) is 0 Å². The highest BCUT2D eigenvalue weighted by atomic mass is 16.6. The maximum Gasteiger partial charge on any atom is 0.410 e. The topological polar surface area (TPSA) is 121 Å². The molecule has 2 aliphatic rings. The zero-order chi connectivity index (χ0) is 31.8. The Bertz CT molecular complexity index is 1380. The fraction of sp³-hybridized carbons (Fsp3) is 0.636. The number of carbonyl (C=O) groups excluding carboxylic acids is 1. The van der Waals surface area contributed by atoms with E-state index in [1.807, 2.05) is 49.8 Å². The highest BCUT2D eigenvalue weighted by Gasteiger charge is 2.26. The Morgan fingerprint density at radius 2 is 1.93 bits per heavy atom. The van der Waals surface area contributed by atoms with Crippen LogP contribution in [0.5, 0.6) is 5.88 Å². The Hall–Kier alpha value is -3.64. The van der Waals surface area contributed by atoms with Gasteiger partial charge in [0.15, 0.2) is 5.65 Å². The summed E-state index contributed by atoms with van der Waals surface area (Å²) in [5, 5.41) is 17.8. The lowest BCUT2D eigenvalue weighted by Crippen LogP contribution is -2.50. The monoisotopic (exact) mass is 622 g/mol. The van der Waals surface area contributed by atoms with Crippen LogP contribution in [0.3, 0.4) is 0 Å². The van der Waals surface area contributed by atoms with Gasteiger partial charge in [-0.05, 0) is 64.9 Å². The van der Waals surface area contributed by atoms with E-state index >= 15 is 0 Å². The molecule has 2 N–H and O–H groups in total. The molecule has 12 nitrogen and oxygen atoms in total. The molecule has 45 heavy (non-hydrogen) atoms. The molecule has 3 aromatic heterocycles. The molecule has 0 spiro atoms. The van der Waals surface area contributed by atoms with E-state index in [2.05, 4.69) is 38.2 Å². The van der Waals surface area contributed by atoms with Gasteiger partial charge < -0.3 is 29.7 Å². The van der Waals surface area contributed by atoms with Gasteiger partial charge in [-0.1, -0.05) is 13.0 Å². The van der Waals surface area contributed by atoms with Crippen molar-refractivity contribution in [2.75, 3.05) is 62.7 Å². The number of aliphatic hydroxyl groups excluding tert-OH is 1. The first-order valence-corrected chi connectivity index (χ1v) is 16.5. The molecule has 5 heterocycles. The molecule has 2 aliphatic heterocycles. The Morgan fingerprint density at radius 1 is 1.11 bits per heavy atom. The Labute approximate surface area is 266 Å². The first kappa shape index (κ1) is 32.7. The van der Waals surface area contributed by atoms with Crippen molar-refractivity contribution in [1.82, 2.24) is 29.4 Å². The number of aromatic nitrogens is 4. The van der Waals surface area contributed by atoms with Gasteiger partial charge in [-0.2, -0.15) is 9.61 Å². The van der Waals surface area contributed by atoms with Crippen LogP contribution < -0.4 is 15.0 Å². The summed E-state index contributed by atoms with van der Waals surface area (Å²) in [5.41, 5.74) is 2.55. The van der Waals surface area contributed by atoms with Crippen LogP contribution >= 0.6 is 0 Å². The van der Waals surface area contributed by atoms with E-state index in [0.29, 0.717) is 38.2 Å². The third-order valence-electron chi connectivity index (χ3n) is 8.46. The van der Waals surface area contributed by atoms with Crippen molar-refractivity contribution in [2.45, 2.75) is 84.4 Å². The molecule has 3 aromatic rings. The minimum atomic E-state index is -0.470. The third kappa shape index (κ3) is 8.76. The van der Waals surface area contributed by atoms with Gasteiger partial charge in [0.05, 0.1) is 12.8 Å². The number of fused-ring (bicyclic) bond motifs is 1. The number of hydrogen-bond donors (Lipinski definition) is 2. The molecule has 1 amide bonds. The fourth-order valence-corrected chi connectivity index (χ4v) is 6.01. The van der Waals surface area contributed by atoms with E-state index in [0.717, 1.165) is 86.7 Å². The second kappa shape index (κ2) is 15.1. The van der Waals surface area contributed by atoms with Gasteiger partial charge in [0.2, 0.25) is 5.88 Å². The van der Waals surface area contributed by atoms with Crippen LogP contribution in [-0.2, 0) is 17.7 Å². The Morgan fingerprint density at radius 3 is 2.64 bits per heavy atom. The first-order chi connectivity index (χ1) is 21.7. The minimum Gasteiger partial charge on any atom is -0.478 e. The number of aryl methyl sites for hydroxylation is 1. The second-order valence-electron chi connectivity index (χ2n) is 13.0. The zero-order valence-corrected chi connectivity index (χ0v) is 27.4. The Balaban J connectivity index is 1.11. The highest BCUT2D eigenvalue weighted by Crippen LogP contribution is 2.29. The van der Waals surface area contributed by atoms with Gasteiger partial charge in [0, 0.05) is 82.4 Å². The minimum absolute atomic E-state index is 0.183. The molecule has 2 fully saturated rings. The summed E-state index contributed by atoms with van der Waals surface area (Å²) in [7, 11) is 0. The molecule has 12 heteroatoms. The average molecular weight is 623 g/mol. The van der Waals surface area contributed by atoms with Crippen LogP contribution in [0.1, 0.15) is 70.9 Å². The van der Waals surface area contributed by atoms with Gasteiger partial charge in [0.1, 0.15) is 17.2 Å². The van der Waals surface area contributed by atoms with Crippen LogP contribution in [-0.4, -0.2) is 105 Å². The summed E-state index contributed by atoms with van der Waals surface area (Å²) < 4.78 is 13.3. The molecule has 1 atom stereocenters. The number of nitrogens with one attached hydrogen (secondary N) is 1. The van der Waals surface area contributed by atoms with Gasteiger partial charge >= 0.3 is 6.09 Å². The normalized spacial score (nSPS) is 17.9. The number of nitrogens with zero attached hydrogens (tertiary/aromatic N) is 7.